The highest BCUT2D eigenvalue weighted by atomic mass is 16.7. The highest BCUT2D eigenvalue weighted by molar-refractivity contribution is 5.93. The first-order valence-corrected chi connectivity index (χ1v) is 3.89. The first kappa shape index (κ1) is 11.9. The number of esters is 1. The minimum Gasteiger partial charge on any atom is -0.469 e. The Hall–Kier alpha value is -1.10. The Labute approximate surface area is 77.3 Å². The van der Waals surface area contributed by atoms with Gasteiger partial charge < -0.3 is 4.74 Å². The Bertz CT molecular complexity index is 195. The van der Waals surface area contributed by atoms with Crippen LogP contribution in [0.3, 0.4) is 0 Å². The Morgan fingerprint density at radius 3 is 2.23 bits per heavy atom. The molecule has 0 saturated carbocycles. The third kappa shape index (κ3) is 7.27. The fourth-order valence-corrected chi connectivity index (χ4v) is 0.449. The minimum absolute atomic E-state index is 0.327. The lowest BCUT2D eigenvalue weighted by molar-refractivity contribution is -0.153. The summed E-state index contributed by atoms with van der Waals surface area (Å²) in [4.78, 5) is 26.5. The van der Waals surface area contributed by atoms with Crippen molar-refractivity contribution in [2.45, 2.75) is 32.8 Å². The van der Waals surface area contributed by atoms with Crippen molar-refractivity contribution in [2.24, 2.45) is 0 Å². The third-order valence-corrected chi connectivity index (χ3v) is 1.00. The molecule has 13 heavy (non-hydrogen) atoms. The molecule has 0 aromatic carbocycles. The molecule has 0 aliphatic rings. The molecule has 0 unspecified atom stereocenters. The topological polar surface area (TPSA) is 64.6 Å². The quantitative estimate of drug-likeness (QED) is 0.396. The maximum atomic E-state index is 10.9. The predicted octanol–water partition coefficient (Wildman–Crippen LogP) is 0.396. The molecule has 1 amide bonds. The first-order valence-electron chi connectivity index (χ1n) is 3.89. The van der Waals surface area contributed by atoms with Crippen LogP contribution in [0.15, 0.2) is 0 Å². The lowest BCUT2D eigenvalue weighted by atomic mass is 10.2. The van der Waals surface area contributed by atoms with E-state index in [0.717, 1.165) is 0 Å². The highest BCUT2D eigenvalue weighted by Gasteiger charge is 2.14. The lowest BCUT2D eigenvalue weighted by Crippen LogP contribution is -2.34. The van der Waals surface area contributed by atoms with Crippen LogP contribution in [0, 0.1) is 0 Å². The number of nitrogens with one attached hydrogen (secondary N) is 1. The zero-order valence-electron chi connectivity index (χ0n) is 8.34. The molecule has 0 aliphatic carbocycles. The van der Waals surface area contributed by atoms with E-state index in [1.165, 1.54) is 7.11 Å². The number of rotatable bonds is 3. The lowest BCUT2D eigenvalue weighted by Gasteiger charge is -2.18. The van der Waals surface area contributed by atoms with Crippen LogP contribution in [-0.2, 0) is 19.2 Å². The van der Waals surface area contributed by atoms with Crippen molar-refractivity contribution in [1.29, 1.82) is 0 Å². The molecule has 5 nitrogen and oxygen atoms in total. The standard InChI is InChI=1S/C8H15NO4/c1-8(2,3)13-9-6(10)5-7(11)12-4/h5H2,1-4H3,(H,9,10). The molecule has 0 aromatic heterocycles. The normalized spacial score (nSPS) is 10.8. The molecular weight excluding hydrogens is 174 g/mol. The van der Waals surface area contributed by atoms with Crippen molar-refractivity contribution < 1.29 is 19.2 Å². The monoisotopic (exact) mass is 189 g/mol. The van der Waals surface area contributed by atoms with Gasteiger partial charge in [0, 0.05) is 0 Å². The van der Waals surface area contributed by atoms with E-state index in [0.29, 0.717) is 0 Å². The van der Waals surface area contributed by atoms with Gasteiger partial charge in [0.2, 0.25) is 0 Å². The minimum atomic E-state index is -0.588. The number of ether oxygens (including phenoxy) is 1. The number of carbonyl (C=O) groups excluding carboxylic acids is 2. The molecule has 0 heterocycles. The second-order valence-corrected chi connectivity index (χ2v) is 3.49. The zero-order valence-corrected chi connectivity index (χ0v) is 8.34. The van der Waals surface area contributed by atoms with Crippen molar-refractivity contribution in [3.8, 4) is 0 Å². The van der Waals surface area contributed by atoms with Gasteiger partial charge in [-0.3, -0.25) is 14.4 Å². The van der Waals surface area contributed by atoms with Crippen molar-refractivity contribution in [3.63, 3.8) is 0 Å². The summed E-state index contributed by atoms with van der Waals surface area (Å²) in [5.41, 5.74) is 1.68. The second kappa shape index (κ2) is 4.81. The molecule has 0 radical (unpaired) electrons. The molecule has 0 bridgehead atoms. The Morgan fingerprint density at radius 1 is 1.31 bits per heavy atom. The van der Waals surface area contributed by atoms with Crippen LogP contribution < -0.4 is 5.48 Å². The predicted molar refractivity (Wildman–Crippen MR) is 45.6 cm³/mol. The number of hydrogen-bond donors (Lipinski definition) is 1. The number of methoxy groups -OCH3 is 1. The first-order chi connectivity index (χ1) is 5.85. The number of hydroxylamine groups is 1. The van der Waals surface area contributed by atoms with Crippen molar-refractivity contribution >= 4 is 11.9 Å². The van der Waals surface area contributed by atoms with Gasteiger partial charge in [0.1, 0.15) is 6.42 Å². The summed E-state index contributed by atoms with van der Waals surface area (Å²) < 4.78 is 4.30. The molecule has 0 atom stereocenters. The van der Waals surface area contributed by atoms with E-state index in [1.54, 1.807) is 20.8 Å². The van der Waals surface area contributed by atoms with E-state index in [1.807, 2.05) is 0 Å². The summed E-state index contributed by atoms with van der Waals surface area (Å²) in [6, 6.07) is 0. The van der Waals surface area contributed by atoms with Crippen molar-refractivity contribution in [2.75, 3.05) is 7.11 Å². The van der Waals surface area contributed by atoms with E-state index in [9.17, 15) is 9.59 Å². The molecule has 0 spiro atoms. The van der Waals surface area contributed by atoms with E-state index in [2.05, 4.69) is 10.2 Å². The Kier molecular flexibility index (Phi) is 4.40. The van der Waals surface area contributed by atoms with Gasteiger partial charge in [-0.2, -0.15) is 0 Å². The van der Waals surface area contributed by atoms with Crippen LogP contribution in [0.2, 0.25) is 0 Å². The van der Waals surface area contributed by atoms with Crippen LogP contribution in [0.4, 0.5) is 0 Å². The van der Waals surface area contributed by atoms with Gasteiger partial charge in [0.15, 0.2) is 0 Å². The molecule has 0 aliphatic heterocycles. The summed E-state index contributed by atoms with van der Waals surface area (Å²) >= 11 is 0. The maximum absolute atomic E-state index is 10.9. The molecule has 5 heteroatoms. The summed E-state index contributed by atoms with van der Waals surface area (Å²) in [6.07, 6.45) is -0.327. The van der Waals surface area contributed by atoms with E-state index in [-0.39, 0.29) is 6.42 Å². The van der Waals surface area contributed by atoms with Crippen LogP contribution >= 0.6 is 0 Å². The number of amides is 1. The van der Waals surface area contributed by atoms with Crippen molar-refractivity contribution in [3.05, 3.63) is 0 Å². The Morgan fingerprint density at radius 2 is 1.85 bits per heavy atom. The van der Waals surface area contributed by atoms with Gasteiger partial charge in [-0.1, -0.05) is 0 Å². The van der Waals surface area contributed by atoms with Gasteiger partial charge in [-0.05, 0) is 20.8 Å². The zero-order chi connectivity index (χ0) is 10.5. The fraction of sp³-hybridized carbons (Fsp3) is 0.750. The summed E-state index contributed by atoms with van der Waals surface area (Å²) in [5.74, 6) is -1.10. The summed E-state index contributed by atoms with van der Waals surface area (Å²) in [6.45, 7) is 5.35. The maximum Gasteiger partial charge on any atom is 0.315 e. The highest BCUT2D eigenvalue weighted by Crippen LogP contribution is 2.03. The van der Waals surface area contributed by atoms with Gasteiger partial charge in [-0.25, -0.2) is 5.48 Å². The van der Waals surface area contributed by atoms with Gasteiger partial charge in [-0.15, -0.1) is 0 Å². The molecule has 1 N–H and O–H groups in total. The van der Waals surface area contributed by atoms with Crippen LogP contribution in [0.1, 0.15) is 27.2 Å². The van der Waals surface area contributed by atoms with E-state index < -0.39 is 17.5 Å². The van der Waals surface area contributed by atoms with Gasteiger partial charge in [0.05, 0.1) is 12.7 Å². The summed E-state index contributed by atoms with van der Waals surface area (Å²) in [5, 5.41) is 0. The second-order valence-electron chi connectivity index (χ2n) is 3.49. The van der Waals surface area contributed by atoms with E-state index >= 15 is 0 Å². The van der Waals surface area contributed by atoms with Gasteiger partial charge >= 0.3 is 5.97 Å². The van der Waals surface area contributed by atoms with Crippen LogP contribution in [0.5, 0.6) is 0 Å². The molecule has 0 fully saturated rings. The molecular formula is C8H15NO4. The fourth-order valence-electron chi connectivity index (χ4n) is 0.449. The molecule has 76 valence electrons. The third-order valence-electron chi connectivity index (χ3n) is 1.00. The molecule has 0 saturated heterocycles. The SMILES string of the molecule is COC(=O)CC(=O)NOC(C)(C)C. The number of carbonyl (C=O) groups is 2. The Balaban J connectivity index is 3.70. The number of hydrogen-bond acceptors (Lipinski definition) is 4. The summed E-state index contributed by atoms with van der Waals surface area (Å²) in [7, 11) is 1.22. The average molecular weight is 189 g/mol. The smallest absolute Gasteiger partial charge is 0.315 e. The molecule has 0 aromatic rings. The molecule has 0 rings (SSSR count). The van der Waals surface area contributed by atoms with Crippen LogP contribution in [-0.4, -0.2) is 24.6 Å². The average Bonchev–Trinajstić information content (AvgIpc) is 1.99. The largest absolute Gasteiger partial charge is 0.469 e. The van der Waals surface area contributed by atoms with Gasteiger partial charge in [0.25, 0.3) is 5.91 Å². The van der Waals surface area contributed by atoms with Crippen molar-refractivity contribution in [1.82, 2.24) is 5.48 Å². The van der Waals surface area contributed by atoms with E-state index in [4.69, 9.17) is 4.84 Å². The van der Waals surface area contributed by atoms with Crippen LogP contribution in [0.25, 0.3) is 0 Å².